The average Bonchev–Trinajstić information content (AvgIpc) is 2.68. The zero-order valence-corrected chi connectivity index (χ0v) is 11.1. The van der Waals surface area contributed by atoms with Crippen LogP contribution < -0.4 is 0 Å². The summed E-state index contributed by atoms with van der Waals surface area (Å²) in [5.41, 5.74) is 3.31. The highest BCUT2D eigenvalue weighted by atomic mass is 16.5. The van der Waals surface area contributed by atoms with Gasteiger partial charge in [-0.15, -0.1) is 6.58 Å². The number of nitrogens with zero attached hydrogens (tertiary/aromatic N) is 1. The number of hydrogen-bond donors (Lipinski definition) is 0. The fourth-order valence-corrected chi connectivity index (χ4v) is 2.53. The van der Waals surface area contributed by atoms with Gasteiger partial charge in [0.25, 0.3) is 0 Å². The summed E-state index contributed by atoms with van der Waals surface area (Å²) in [6, 6.07) is 2.03. The van der Waals surface area contributed by atoms with E-state index in [0.717, 1.165) is 38.0 Å². The van der Waals surface area contributed by atoms with E-state index in [9.17, 15) is 4.79 Å². The van der Waals surface area contributed by atoms with Gasteiger partial charge in [0.2, 0.25) is 0 Å². The van der Waals surface area contributed by atoms with Crippen LogP contribution in [0.1, 0.15) is 41.0 Å². The Labute approximate surface area is 108 Å². The van der Waals surface area contributed by atoms with Gasteiger partial charge in [-0.25, -0.2) is 0 Å². The van der Waals surface area contributed by atoms with Gasteiger partial charge in [-0.2, -0.15) is 0 Å². The van der Waals surface area contributed by atoms with Crippen molar-refractivity contribution in [3.63, 3.8) is 0 Å². The zero-order valence-electron chi connectivity index (χ0n) is 11.1. The molecule has 1 aliphatic carbocycles. The summed E-state index contributed by atoms with van der Waals surface area (Å²) in [6.45, 7) is 7.99. The Kier molecular flexibility index (Phi) is 4.37. The van der Waals surface area contributed by atoms with Crippen molar-refractivity contribution in [3.05, 3.63) is 35.7 Å². The maximum Gasteiger partial charge on any atom is 0.164 e. The molecule has 1 aliphatic rings. The van der Waals surface area contributed by atoms with Gasteiger partial charge >= 0.3 is 0 Å². The first-order valence-electron chi connectivity index (χ1n) is 6.65. The van der Waals surface area contributed by atoms with E-state index in [-0.39, 0.29) is 0 Å². The van der Waals surface area contributed by atoms with Crippen molar-refractivity contribution in [3.8, 4) is 0 Å². The molecule has 0 aromatic carbocycles. The second-order valence-corrected chi connectivity index (χ2v) is 4.76. The smallest absolute Gasteiger partial charge is 0.164 e. The van der Waals surface area contributed by atoms with Gasteiger partial charge in [0.15, 0.2) is 5.78 Å². The number of carbonyl (C=O) groups is 1. The van der Waals surface area contributed by atoms with E-state index in [0.29, 0.717) is 18.8 Å². The highest BCUT2D eigenvalue weighted by Crippen LogP contribution is 2.24. The third-order valence-electron chi connectivity index (χ3n) is 3.46. The third-order valence-corrected chi connectivity index (χ3v) is 3.46. The Morgan fingerprint density at radius 2 is 2.28 bits per heavy atom. The number of ether oxygens (including phenoxy) is 1. The van der Waals surface area contributed by atoms with Gasteiger partial charge in [-0.05, 0) is 32.3 Å². The summed E-state index contributed by atoms with van der Waals surface area (Å²) >= 11 is 0. The molecule has 2 rings (SSSR count). The molecule has 0 atom stereocenters. The molecular weight excluding hydrogens is 226 g/mol. The first kappa shape index (κ1) is 13.1. The van der Waals surface area contributed by atoms with Gasteiger partial charge in [-0.3, -0.25) is 4.79 Å². The van der Waals surface area contributed by atoms with Crippen LogP contribution in [0.15, 0.2) is 18.7 Å². The maximum absolute atomic E-state index is 11.8. The van der Waals surface area contributed by atoms with Gasteiger partial charge in [0.05, 0.1) is 13.2 Å². The van der Waals surface area contributed by atoms with Crippen molar-refractivity contribution in [1.29, 1.82) is 0 Å². The highest BCUT2D eigenvalue weighted by Gasteiger charge is 2.22. The van der Waals surface area contributed by atoms with Crippen LogP contribution in [0.5, 0.6) is 0 Å². The summed E-state index contributed by atoms with van der Waals surface area (Å²) in [4.78, 5) is 11.8. The Hall–Kier alpha value is -1.35. The van der Waals surface area contributed by atoms with E-state index in [4.69, 9.17) is 4.74 Å². The van der Waals surface area contributed by atoms with E-state index < -0.39 is 0 Å². The molecule has 0 aliphatic heterocycles. The lowest BCUT2D eigenvalue weighted by Crippen LogP contribution is -2.16. The minimum absolute atomic E-state index is 0.297. The Morgan fingerprint density at radius 1 is 1.44 bits per heavy atom. The van der Waals surface area contributed by atoms with Gasteiger partial charge < -0.3 is 9.30 Å². The average molecular weight is 247 g/mol. The van der Waals surface area contributed by atoms with Crippen LogP contribution in [0.25, 0.3) is 0 Å². The van der Waals surface area contributed by atoms with Crippen LogP contribution in [-0.4, -0.2) is 23.6 Å². The summed E-state index contributed by atoms with van der Waals surface area (Å²) in [7, 11) is 0. The molecule has 1 aromatic heterocycles. The standard InChI is InChI=1S/C15H21NO2/c1-3-4-9-18-10-8-16-12(2)11-13-14(16)6-5-7-15(13)17/h3,11H,1,4-10H2,2H3. The van der Waals surface area contributed by atoms with Crippen LogP contribution in [0.2, 0.25) is 0 Å². The normalized spacial score (nSPS) is 14.6. The number of hydrogen-bond acceptors (Lipinski definition) is 2. The number of Topliss-reactive ketones (excluding diaryl/α,β-unsaturated/α-hetero) is 1. The van der Waals surface area contributed by atoms with E-state index >= 15 is 0 Å². The van der Waals surface area contributed by atoms with Crippen molar-refractivity contribution in [2.45, 2.75) is 39.2 Å². The van der Waals surface area contributed by atoms with Crippen molar-refractivity contribution in [2.75, 3.05) is 13.2 Å². The monoisotopic (exact) mass is 247 g/mol. The predicted molar refractivity (Wildman–Crippen MR) is 72.1 cm³/mol. The van der Waals surface area contributed by atoms with E-state index in [2.05, 4.69) is 18.1 Å². The van der Waals surface area contributed by atoms with Crippen molar-refractivity contribution in [2.24, 2.45) is 0 Å². The lowest BCUT2D eigenvalue weighted by molar-refractivity contribution is 0.0970. The number of carbonyl (C=O) groups excluding carboxylic acids is 1. The number of aromatic nitrogens is 1. The molecular formula is C15H21NO2. The van der Waals surface area contributed by atoms with Crippen LogP contribution in [-0.2, 0) is 17.7 Å². The lowest BCUT2D eigenvalue weighted by Gasteiger charge is -2.16. The number of rotatable bonds is 6. The van der Waals surface area contributed by atoms with E-state index in [1.807, 2.05) is 12.1 Å². The number of ketones is 1. The van der Waals surface area contributed by atoms with Crippen LogP contribution in [0, 0.1) is 6.92 Å². The second kappa shape index (κ2) is 6.01. The molecule has 0 saturated carbocycles. The van der Waals surface area contributed by atoms with E-state index in [1.165, 1.54) is 11.4 Å². The van der Waals surface area contributed by atoms with Gasteiger partial charge in [-0.1, -0.05) is 6.08 Å². The van der Waals surface area contributed by atoms with Crippen molar-refractivity contribution >= 4 is 5.78 Å². The fraction of sp³-hybridized carbons (Fsp3) is 0.533. The summed E-state index contributed by atoms with van der Waals surface area (Å²) in [6.07, 6.45) is 5.45. The Balaban J connectivity index is 2.00. The molecule has 3 heteroatoms. The summed E-state index contributed by atoms with van der Waals surface area (Å²) in [5, 5.41) is 0. The minimum atomic E-state index is 0.297. The van der Waals surface area contributed by atoms with Crippen LogP contribution in [0.4, 0.5) is 0 Å². The largest absolute Gasteiger partial charge is 0.379 e. The molecule has 1 heterocycles. The van der Waals surface area contributed by atoms with Crippen LogP contribution >= 0.6 is 0 Å². The quantitative estimate of drug-likeness (QED) is 0.571. The third kappa shape index (κ3) is 2.72. The topological polar surface area (TPSA) is 31.2 Å². The van der Waals surface area contributed by atoms with E-state index in [1.54, 1.807) is 0 Å². The molecule has 0 saturated heterocycles. The molecule has 0 amide bonds. The summed E-state index contributed by atoms with van der Waals surface area (Å²) < 4.78 is 7.78. The zero-order chi connectivity index (χ0) is 13.0. The molecule has 0 radical (unpaired) electrons. The molecule has 0 fully saturated rings. The fourth-order valence-electron chi connectivity index (χ4n) is 2.53. The molecule has 0 spiro atoms. The SMILES string of the molecule is C=CCCOCCn1c(C)cc2c1CCCC2=O. The van der Waals surface area contributed by atoms with Crippen molar-refractivity contribution in [1.82, 2.24) is 4.57 Å². The molecule has 3 nitrogen and oxygen atoms in total. The summed E-state index contributed by atoms with van der Waals surface area (Å²) in [5.74, 6) is 0.297. The molecule has 0 bridgehead atoms. The first-order valence-corrected chi connectivity index (χ1v) is 6.65. The van der Waals surface area contributed by atoms with Gasteiger partial charge in [0.1, 0.15) is 0 Å². The maximum atomic E-state index is 11.8. The minimum Gasteiger partial charge on any atom is -0.379 e. The lowest BCUT2D eigenvalue weighted by atomic mass is 9.97. The number of aryl methyl sites for hydroxylation is 1. The molecule has 18 heavy (non-hydrogen) atoms. The Bertz CT molecular complexity index is 446. The van der Waals surface area contributed by atoms with Crippen LogP contribution in [0.3, 0.4) is 0 Å². The van der Waals surface area contributed by atoms with Gasteiger partial charge in [0, 0.05) is 29.9 Å². The highest BCUT2D eigenvalue weighted by molar-refractivity contribution is 5.98. The predicted octanol–water partition coefficient (Wildman–Crippen LogP) is 2.91. The Morgan fingerprint density at radius 3 is 3.06 bits per heavy atom. The molecule has 0 unspecified atom stereocenters. The molecule has 1 aromatic rings. The molecule has 98 valence electrons. The number of fused-ring (bicyclic) bond motifs is 1. The molecule has 0 N–H and O–H groups in total. The first-order chi connectivity index (χ1) is 8.74. The van der Waals surface area contributed by atoms with Crippen molar-refractivity contribution < 1.29 is 9.53 Å². The second-order valence-electron chi connectivity index (χ2n) is 4.76.